The summed E-state index contributed by atoms with van der Waals surface area (Å²) in [4.78, 5) is 9.07. The third-order valence-corrected chi connectivity index (χ3v) is 3.33. The Morgan fingerprint density at radius 1 is 1.00 bits per heavy atom. The van der Waals surface area contributed by atoms with Gasteiger partial charge in [0.2, 0.25) is 0 Å². The molecule has 0 atom stereocenters. The van der Waals surface area contributed by atoms with Crippen molar-refractivity contribution in [3.8, 4) is 11.4 Å². The highest BCUT2D eigenvalue weighted by molar-refractivity contribution is 6.35. The van der Waals surface area contributed by atoms with Crippen LogP contribution in [-0.4, -0.2) is 17.0 Å². The Kier molecular flexibility index (Phi) is 4.40. The molecule has 5 heteroatoms. The number of aromatic nitrogens is 2. The summed E-state index contributed by atoms with van der Waals surface area (Å²) in [5.41, 5.74) is 3.89. The van der Waals surface area contributed by atoms with Crippen LogP contribution in [0.2, 0.25) is 10.0 Å². The number of hydrogen-bond acceptors (Lipinski definition) is 3. The van der Waals surface area contributed by atoms with Gasteiger partial charge in [-0.2, -0.15) is 0 Å². The van der Waals surface area contributed by atoms with Gasteiger partial charge in [-0.3, -0.25) is 0 Å². The van der Waals surface area contributed by atoms with Crippen molar-refractivity contribution in [2.24, 2.45) is 0 Å². The maximum Gasteiger partial charge on any atom is 0.159 e. The topological polar surface area (TPSA) is 37.8 Å². The van der Waals surface area contributed by atoms with Gasteiger partial charge in [-0.25, -0.2) is 9.97 Å². The van der Waals surface area contributed by atoms with E-state index < -0.39 is 0 Å². The summed E-state index contributed by atoms with van der Waals surface area (Å²) in [5.74, 6) is 0.652. The van der Waals surface area contributed by atoms with Crippen LogP contribution in [0.15, 0.2) is 18.2 Å². The lowest BCUT2D eigenvalue weighted by Crippen LogP contribution is -2.11. The van der Waals surface area contributed by atoms with Crippen LogP contribution in [0.3, 0.4) is 0 Å². The molecule has 0 radical (unpaired) electrons. The van der Waals surface area contributed by atoms with E-state index in [9.17, 15) is 0 Å². The van der Waals surface area contributed by atoms with Crippen LogP contribution in [0.25, 0.3) is 11.4 Å². The molecule has 1 N–H and O–H groups in total. The van der Waals surface area contributed by atoms with Crippen molar-refractivity contribution in [1.82, 2.24) is 15.3 Å². The van der Waals surface area contributed by atoms with Gasteiger partial charge in [-0.05, 0) is 39.1 Å². The summed E-state index contributed by atoms with van der Waals surface area (Å²) in [6.45, 7) is 4.72. The lowest BCUT2D eigenvalue weighted by Gasteiger charge is -2.11. The summed E-state index contributed by atoms with van der Waals surface area (Å²) in [7, 11) is 1.91. The van der Waals surface area contributed by atoms with Crippen LogP contribution in [0.5, 0.6) is 0 Å². The molecule has 1 aromatic heterocycles. The molecule has 0 saturated heterocycles. The molecular weight excluding hydrogens is 281 g/mol. The van der Waals surface area contributed by atoms with Crippen molar-refractivity contribution in [2.45, 2.75) is 20.4 Å². The number of aryl methyl sites for hydroxylation is 2. The molecule has 19 heavy (non-hydrogen) atoms. The van der Waals surface area contributed by atoms with Gasteiger partial charge in [0.1, 0.15) is 0 Å². The summed E-state index contributed by atoms with van der Waals surface area (Å²) >= 11 is 12.0. The standard InChI is InChI=1S/C14H15Cl2N3/c1-8-13(7-17-3)9(2)19-14(18-8)10-4-11(15)6-12(16)5-10/h4-6,17H,7H2,1-3H3. The zero-order valence-corrected chi connectivity index (χ0v) is 12.6. The molecule has 0 amide bonds. The van der Waals surface area contributed by atoms with Crippen LogP contribution in [-0.2, 0) is 6.54 Å². The van der Waals surface area contributed by atoms with Gasteiger partial charge in [0, 0.05) is 39.1 Å². The molecule has 0 fully saturated rings. The average Bonchev–Trinajstić information content (AvgIpc) is 2.32. The Morgan fingerprint density at radius 2 is 1.53 bits per heavy atom. The predicted molar refractivity (Wildman–Crippen MR) is 79.7 cm³/mol. The number of benzene rings is 1. The maximum absolute atomic E-state index is 6.01. The number of hydrogen-bond donors (Lipinski definition) is 1. The van der Waals surface area contributed by atoms with Crippen LogP contribution < -0.4 is 5.32 Å². The second-order valence-electron chi connectivity index (χ2n) is 4.39. The van der Waals surface area contributed by atoms with E-state index in [1.807, 2.05) is 33.0 Å². The third-order valence-electron chi connectivity index (χ3n) is 2.89. The largest absolute Gasteiger partial charge is 0.316 e. The van der Waals surface area contributed by atoms with Gasteiger partial charge < -0.3 is 5.32 Å². The van der Waals surface area contributed by atoms with Crippen molar-refractivity contribution in [3.05, 3.63) is 45.2 Å². The highest BCUT2D eigenvalue weighted by Crippen LogP contribution is 2.26. The van der Waals surface area contributed by atoms with E-state index in [1.54, 1.807) is 6.07 Å². The van der Waals surface area contributed by atoms with Crippen molar-refractivity contribution >= 4 is 23.2 Å². The first-order chi connectivity index (χ1) is 9.01. The zero-order valence-electron chi connectivity index (χ0n) is 11.1. The first-order valence-corrected chi connectivity index (χ1v) is 6.72. The van der Waals surface area contributed by atoms with Gasteiger partial charge in [0.05, 0.1) is 0 Å². The van der Waals surface area contributed by atoms with E-state index in [1.165, 1.54) is 0 Å². The van der Waals surface area contributed by atoms with Gasteiger partial charge in [-0.15, -0.1) is 0 Å². The van der Waals surface area contributed by atoms with Gasteiger partial charge in [0.25, 0.3) is 0 Å². The molecular formula is C14H15Cl2N3. The fourth-order valence-electron chi connectivity index (χ4n) is 1.98. The predicted octanol–water partition coefficient (Wildman–Crippen LogP) is 3.79. The molecule has 2 rings (SSSR count). The van der Waals surface area contributed by atoms with E-state index in [0.717, 1.165) is 29.1 Å². The van der Waals surface area contributed by atoms with Crippen molar-refractivity contribution in [3.63, 3.8) is 0 Å². The van der Waals surface area contributed by atoms with Crippen LogP contribution in [0.4, 0.5) is 0 Å². The first-order valence-electron chi connectivity index (χ1n) is 5.96. The van der Waals surface area contributed by atoms with Crippen molar-refractivity contribution < 1.29 is 0 Å². The van der Waals surface area contributed by atoms with Gasteiger partial charge >= 0.3 is 0 Å². The van der Waals surface area contributed by atoms with Crippen LogP contribution in [0.1, 0.15) is 17.0 Å². The second kappa shape index (κ2) is 5.87. The average molecular weight is 296 g/mol. The maximum atomic E-state index is 6.01. The minimum atomic E-state index is 0.584. The van der Waals surface area contributed by atoms with Gasteiger partial charge in [-0.1, -0.05) is 23.2 Å². The van der Waals surface area contributed by atoms with Crippen molar-refractivity contribution in [1.29, 1.82) is 0 Å². The molecule has 0 aliphatic rings. The quantitative estimate of drug-likeness (QED) is 0.936. The normalized spacial score (nSPS) is 10.8. The molecule has 100 valence electrons. The Bertz CT molecular complexity index is 568. The summed E-state index contributed by atoms with van der Waals surface area (Å²) < 4.78 is 0. The Labute approximate surface area is 123 Å². The SMILES string of the molecule is CNCc1c(C)nc(-c2cc(Cl)cc(Cl)c2)nc1C. The number of rotatable bonds is 3. The van der Waals surface area contributed by atoms with E-state index >= 15 is 0 Å². The van der Waals surface area contributed by atoms with E-state index in [4.69, 9.17) is 23.2 Å². The van der Waals surface area contributed by atoms with E-state index in [2.05, 4.69) is 15.3 Å². The summed E-state index contributed by atoms with van der Waals surface area (Å²) in [5, 5.41) is 4.29. The summed E-state index contributed by atoms with van der Waals surface area (Å²) in [6.07, 6.45) is 0. The summed E-state index contributed by atoms with van der Waals surface area (Å²) in [6, 6.07) is 5.33. The lowest BCUT2D eigenvalue weighted by molar-refractivity contribution is 0.787. The highest BCUT2D eigenvalue weighted by Gasteiger charge is 2.10. The Morgan fingerprint density at radius 3 is 2.00 bits per heavy atom. The van der Waals surface area contributed by atoms with E-state index in [-0.39, 0.29) is 0 Å². The molecule has 1 aromatic carbocycles. The Hall–Kier alpha value is -1.16. The number of nitrogens with zero attached hydrogens (tertiary/aromatic N) is 2. The molecule has 0 saturated carbocycles. The van der Waals surface area contributed by atoms with Gasteiger partial charge in [0.15, 0.2) is 5.82 Å². The first kappa shape index (κ1) is 14.3. The molecule has 0 unspecified atom stereocenters. The molecule has 0 aliphatic heterocycles. The number of halogens is 2. The molecule has 0 spiro atoms. The van der Waals surface area contributed by atoms with Crippen molar-refractivity contribution in [2.75, 3.05) is 7.05 Å². The molecule has 3 nitrogen and oxygen atoms in total. The molecule has 2 aromatic rings. The van der Waals surface area contributed by atoms with Crippen LogP contribution >= 0.6 is 23.2 Å². The minimum Gasteiger partial charge on any atom is -0.316 e. The smallest absolute Gasteiger partial charge is 0.159 e. The molecule has 1 heterocycles. The fraction of sp³-hybridized carbons (Fsp3) is 0.286. The third kappa shape index (κ3) is 3.24. The number of nitrogens with one attached hydrogen (secondary N) is 1. The second-order valence-corrected chi connectivity index (χ2v) is 5.26. The van der Waals surface area contributed by atoms with E-state index in [0.29, 0.717) is 15.9 Å². The fourth-order valence-corrected chi connectivity index (χ4v) is 2.51. The molecule has 0 aliphatic carbocycles. The minimum absolute atomic E-state index is 0.584. The van der Waals surface area contributed by atoms with Crippen LogP contribution in [0, 0.1) is 13.8 Å². The zero-order chi connectivity index (χ0) is 14.0. The lowest BCUT2D eigenvalue weighted by atomic mass is 10.1. The monoisotopic (exact) mass is 295 g/mol. The molecule has 0 bridgehead atoms. The Balaban J connectivity index is 2.51. The highest BCUT2D eigenvalue weighted by atomic mass is 35.5.